The minimum Gasteiger partial charge on any atom is -0.457 e. The molecule has 8 rings (SSSR count). The van der Waals surface area contributed by atoms with Crippen LogP contribution < -0.4 is 44.6 Å². The lowest BCUT2D eigenvalue weighted by Crippen LogP contribution is -1.93. The molecule has 0 aliphatic rings. The summed E-state index contributed by atoms with van der Waals surface area (Å²) in [4.78, 5) is 0. The zero-order valence-corrected chi connectivity index (χ0v) is 30.5. The van der Waals surface area contributed by atoms with Crippen molar-refractivity contribution in [2.75, 3.05) is 11.5 Å². The van der Waals surface area contributed by atoms with Gasteiger partial charge in [0.05, 0.1) is 0 Å². The molecule has 8 aromatic carbocycles. The number of rotatable bonds is 14. The van der Waals surface area contributed by atoms with Gasteiger partial charge >= 0.3 is 0 Å². The van der Waals surface area contributed by atoms with E-state index in [1.807, 2.05) is 182 Å². The first-order valence-electron chi connectivity index (χ1n) is 18.0. The lowest BCUT2D eigenvalue weighted by Gasteiger charge is -2.15. The Kier molecular flexibility index (Phi) is 10.7. The van der Waals surface area contributed by atoms with E-state index in [0.29, 0.717) is 91.9 Å². The molecular weight excluding hydrogens is 717 g/mol. The van der Waals surface area contributed by atoms with Crippen molar-refractivity contribution in [3.63, 3.8) is 0 Å². The van der Waals surface area contributed by atoms with Gasteiger partial charge in [0, 0.05) is 23.5 Å². The van der Waals surface area contributed by atoms with Crippen molar-refractivity contribution >= 4 is 11.4 Å². The third-order valence-corrected chi connectivity index (χ3v) is 8.33. The molecule has 0 radical (unpaired) electrons. The third-order valence-electron chi connectivity index (χ3n) is 8.33. The Balaban J connectivity index is 0.866. The lowest BCUT2D eigenvalue weighted by molar-refractivity contribution is 0.393. The molecule has 0 atom stereocenters. The predicted octanol–water partition coefficient (Wildman–Crippen LogP) is 13.4. The van der Waals surface area contributed by atoms with Crippen LogP contribution in [-0.4, -0.2) is 0 Å². The number of benzene rings is 8. The lowest BCUT2D eigenvalue weighted by atomic mass is 10.2. The summed E-state index contributed by atoms with van der Waals surface area (Å²) in [7, 11) is 0. The van der Waals surface area contributed by atoms with Gasteiger partial charge in [0.1, 0.15) is 57.5 Å². The number of anilines is 2. The minimum absolute atomic E-state index is 0.516. The zero-order valence-electron chi connectivity index (χ0n) is 30.5. The van der Waals surface area contributed by atoms with Crippen molar-refractivity contribution in [1.29, 1.82) is 0 Å². The Morgan fingerprint density at radius 1 is 0.211 bits per heavy atom. The number of nitrogen functional groups attached to an aromatic ring is 2. The molecule has 0 bridgehead atoms. The molecule has 0 fully saturated rings. The van der Waals surface area contributed by atoms with E-state index in [1.165, 1.54) is 0 Å². The van der Waals surface area contributed by atoms with Gasteiger partial charge in [-0.25, -0.2) is 0 Å². The van der Waals surface area contributed by atoms with Crippen molar-refractivity contribution in [2.24, 2.45) is 0 Å². The van der Waals surface area contributed by atoms with E-state index in [1.54, 1.807) is 12.1 Å². The number of para-hydroxylation sites is 4. The second-order valence-electron chi connectivity index (χ2n) is 12.6. The van der Waals surface area contributed by atoms with Crippen molar-refractivity contribution in [3.8, 4) is 80.5 Å². The Morgan fingerprint density at radius 2 is 0.456 bits per heavy atom. The van der Waals surface area contributed by atoms with Gasteiger partial charge in [0.25, 0.3) is 0 Å². The van der Waals surface area contributed by atoms with Crippen LogP contribution >= 0.6 is 0 Å². The maximum Gasteiger partial charge on any atom is 0.170 e. The Hall–Kier alpha value is -8.04. The van der Waals surface area contributed by atoms with Crippen molar-refractivity contribution < 1.29 is 33.2 Å². The van der Waals surface area contributed by atoms with Gasteiger partial charge in [0.15, 0.2) is 23.0 Å². The van der Waals surface area contributed by atoms with Crippen LogP contribution in [-0.2, 0) is 0 Å². The molecule has 0 saturated carbocycles. The van der Waals surface area contributed by atoms with Gasteiger partial charge in [-0.3, -0.25) is 0 Å². The highest BCUT2D eigenvalue weighted by Crippen LogP contribution is 2.40. The van der Waals surface area contributed by atoms with Crippen LogP contribution in [0, 0.1) is 0 Å². The van der Waals surface area contributed by atoms with Gasteiger partial charge in [-0.15, -0.1) is 0 Å². The fraction of sp³-hybridized carbons (Fsp3) is 0. The summed E-state index contributed by atoms with van der Waals surface area (Å²) in [5.74, 6) is 8.62. The molecule has 8 aromatic rings. The summed E-state index contributed by atoms with van der Waals surface area (Å²) in [6, 6.07) is 58.9. The first-order valence-corrected chi connectivity index (χ1v) is 18.0. The highest BCUT2D eigenvalue weighted by Gasteiger charge is 2.13. The fourth-order valence-corrected chi connectivity index (χ4v) is 5.61. The second kappa shape index (κ2) is 17.0. The minimum atomic E-state index is 0.516. The van der Waals surface area contributed by atoms with Gasteiger partial charge in [-0.05, 0) is 146 Å². The molecule has 0 unspecified atom stereocenters. The molecular formula is C48H36N2O7. The van der Waals surface area contributed by atoms with Gasteiger partial charge in [0.2, 0.25) is 0 Å². The average molecular weight is 753 g/mol. The van der Waals surface area contributed by atoms with Crippen molar-refractivity contribution in [2.45, 2.75) is 0 Å². The summed E-state index contributed by atoms with van der Waals surface area (Å²) in [6.45, 7) is 0. The van der Waals surface area contributed by atoms with Crippen molar-refractivity contribution in [3.05, 3.63) is 194 Å². The van der Waals surface area contributed by atoms with Crippen molar-refractivity contribution in [1.82, 2.24) is 0 Å². The molecule has 0 amide bonds. The molecule has 0 aromatic heterocycles. The standard InChI is InChI=1S/C48H36N2O7/c49-33-7-5-9-43(31-33)53-39-19-15-35(16-20-39)51-37-23-27-41(28-24-37)55-45-11-1-3-13-47(45)57-48-14-4-2-12-46(48)56-42-29-25-38(26-30-42)52-36-17-21-40(22-18-36)54-44-10-6-8-34(50)32-44/h1-32H,49-50H2. The van der Waals surface area contributed by atoms with E-state index >= 15 is 0 Å². The molecule has 57 heavy (non-hydrogen) atoms. The summed E-state index contributed by atoms with van der Waals surface area (Å²) >= 11 is 0. The highest BCUT2D eigenvalue weighted by molar-refractivity contribution is 5.51. The molecule has 9 nitrogen and oxygen atoms in total. The summed E-state index contributed by atoms with van der Waals surface area (Å²) < 4.78 is 42.7. The molecule has 0 aliphatic heterocycles. The fourth-order valence-electron chi connectivity index (χ4n) is 5.61. The van der Waals surface area contributed by atoms with Crippen LogP contribution in [0.2, 0.25) is 0 Å². The molecule has 0 heterocycles. The first-order chi connectivity index (χ1) is 28.0. The zero-order chi connectivity index (χ0) is 38.8. The Morgan fingerprint density at radius 3 is 0.737 bits per heavy atom. The molecule has 4 N–H and O–H groups in total. The monoisotopic (exact) mass is 752 g/mol. The van der Waals surface area contributed by atoms with Gasteiger partial charge < -0.3 is 44.6 Å². The molecule has 280 valence electrons. The number of ether oxygens (including phenoxy) is 7. The second-order valence-corrected chi connectivity index (χ2v) is 12.6. The number of hydrogen-bond acceptors (Lipinski definition) is 9. The van der Waals surface area contributed by atoms with E-state index in [0.717, 1.165) is 0 Å². The van der Waals surface area contributed by atoms with Crippen LogP contribution in [0.4, 0.5) is 11.4 Å². The number of nitrogens with two attached hydrogens (primary N) is 2. The summed E-state index contributed by atoms with van der Waals surface area (Å²) in [5, 5.41) is 0. The first kappa shape index (κ1) is 36.0. The van der Waals surface area contributed by atoms with E-state index in [-0.39, 0.29) is 0 Å². The van der Waals surface area contributed by atoms with Crippen LogP contribution in [0.15, 0.2) is 194 Å². The van der Waals surface area contributed by atoms with Gasteiger partial charge in [-0.1, -0.05) is 36.4 Å². The van der Waals surface area contributed by atoms with Crippen LogP contribution in [0.1, 0.15) is 0 Å². The predicted molar refractivity (Wildman–Crippen MR) is 221 cm³/mol. The maximum absolute atomic E-state index is 6.36. The van der Waals surface area contributed by atoms with E-state index in [9.17, 15) is 0 Å². The topological polar surface area (TPSA) is 117 Å². The van der Waals surface area contributed by atoms with E-state index in [2.05, 4.69) is 0 Å². The van der Waals surface area contributed by atoms with Gasteiger partial charge in [-0.2, -0.15) is 0 Å². The van der Waals surface area contributed by atoms with E-state index in [4.69, 9.17) is 44.6 Å². The summed E-state index contributed by atoms with van der Waals surface area (Å²) in [6.07, 6.45) is 0. The molecule has 0 saturated heterocycles. The highest BCUT2D eigenvalue weighted by atomic mass is 16.5. The normalized spacial score (nSPS) is 10.6. The Labute approximate surface area is 329 Å². The smallest absolute Gasteiger partial charge is 0.170 e. The average Bonchev–Trinajstić information content (AvgIpc) is 3.22. The third kappa shape index (κ3) is 9.74. The van der Waals surface area contributed by atoms with Crippen LogP contribution in [0.5, 0.6) is 80.5 Å². The summed E-state index contributed by atoms with van der Waals surface area (Å²) in [5.41, 5.74) is 13.0. The quantitative estimate of drug-likeness (QED) is 0.105. The maximum atomic E-state index is 6.36. The number of hydrogen-bond donors (Lipinski definition) is 2. The largest absolute Gasteiger partial charge is 0.457 e. The van der Waals surface area contributed by atoms with Crippen LogP contribution in [0.25, 0.3) is 0 Å². The van der Waals surface area contributed by atoms with E-state index < -0.39 is 0 Å². The Bertz CT molecular complexity index is 2380. The molecule has 0 aliphatic carbocycles. The molecule has 0 spiro atoms. The van der Waals surface area contributed by atoms with Crippen LogP contribution in [0.3, 0.4) is 0 Å². The SMILES string of the molecule is Nc1cccc(Oc2ccc(Oc3ccc(Oc4ccccc4Oc4ccccc4Oc4ccc(Oc5ccc(Oc6cccc(N)c6)cc5)cc4)cc3)cc2)c1. The molecule has 9 heteroatoms.